The first-order valence-corrected chi connectivity index (χ1v) is 5.57. The third-order valence-corrected chi connectivity index (χ3v) is 2.96. The lowest BCUT2D eigenvalue weighted by atomic mass is 10.0. The predicted octanol–water partition coefficient (Wildman–Crippen LogP) is 2.78. The fraction of sp³-hybridized carbons (Fsp3) is 0.143. The van der Waals surface area contributed by atoms with Crippen molar-refractivity contribution in [1.29, 1.82) is 0 Å². The number of para-hydroxylation sites is 1. The lowest BCUT2D eigenvalue weighted by Gasteiger charge is -2.36. The Morgan fingerprint density at radius 3 is 2.94 bits per heavy atom. The summed E-state index contributed by atoms with van der Waals surface area (Å²) in [7, 11) is 0. The number of nitrogens with one attached hydrogen (secondary N) is 1. The van der Waals surface area contributed by atoms with Crippen LogP contribution in [0.4, 0.5) is 5.69 Å². The fourth-order valence-electron chi connectivity index (χ4n) is 2.18. The molecule has 2 aliphatic rings. The third kappa shape index (κ3) is 1.52. The van der Waals surface area contributed by atoms with E-state index in [0.29, 0.717) is 0 Å². The molecule has 2 nitrogen and oxygen atoms in total. The number of nitrogens with zero attached hydrogens (tertiary/aromatic N) is 1. The minimum absolute atomic E-state index is 0.275. The number of hydrogen-bond donors (Lipinski definition) is 1. The third-order valence-electron chi connectivity index (χ3n) is 2.96. The van der Waals surface area contributed by atoms with Gasteiger partial charge >= 0.3 is 0 Å². The maximum Gasteiger partial charge on any atom is 0.126 e. The normalized spacial score (nSPS) is 22.4. The lowest BCUT2D eigenvalue weighted by Crippen LogP contribution is -2.44. The Labute approximate surface area is 95.6 Å². The van der Waals surface area contributed by atoms with Crippen LogP contribution in [0.25, 0.3) is 0 Å². The molecule has 0 spiro atoms. The first kappa shape index (κ1) is 9.28. The highest BCUT2D eigenvalue weighted by Crippen LogP contribution is 2.26. The summed E-state index contributed by atoms with van der Waals surface area (Å²) >= 11 is 0. The van der Waals surface area contributed by atoms with E-state index in [1.807, 2.05) is 12.3 Å². The Bertz CT molecular complexity index is 457. The highest BCUT2D eigenvalue weighted by Gasteiger charge is 2.23. The molecule has 0 bridgehead atoms. The SMILES string of the molecule is C1=CNC2C(=C1)CC=CN2c1ccccc1. The molecular formula is C14H14N2. The molecule has 0 aromatic heterocycles. The van der Waals surface area contributed by atoms with E-state index in [4.69, 9.17) is 0 Å². The van der Waals surface area contributed by atoms with Crippen LogP contribution in [0.15, 0.2) is 66.5 Å². The summed E-state index contributed by atoms with van der Waals surface area (Å²) in [6, 6.07) is 10.4. The zero-order chi connectivity index (χ0) is 10.8. The van der Waals surface area contributed by atoms with Crippen LogP contribution in [-0.2, 0) is 0 Å². The second-order valence-electron chi connectivity index (χ2n) is 4.00. The molecule has 1 aromatic rings. The van der Waals surface area contributed by atoms with Gasteiger partial charge in [-0.25, -0.2) is 0 Å². The second-order valence-corrected chi connectivity index (χ2v) is 4.00. The summed E-state index contributed by atoms with van der Waals surface area (Å²) in [6.07, 6.45) is 11.9. The first-order valence-electron chi connectivity index (χ1n) is 5.57. The minimum atomic E-state index is 0.275. The highest BCUT2D eigenvalue weighted by atomic mass is 15.3. The van der Waals surface area contributed by atoms with Crippen LogP contribution in [0.3, 0.4) is 0 Å². The van der Waals surface area contributed by atoms with Crippen LogP contribution < -0.4 is 10.2 Å². The lowest BCUT2D eigenvalue weighted by molar-refractivity contribution is 0.633. The topological polar surface area (TPSA) is 15.3 Å². The van der Waals surface area contributed by atoms with Gasteiger partial charge in [-0.3, -0.25) is 0 Å². The molecule has 1 N–H and O–H groups in total. The van der Waals surface area contributed by atoms with Crippen molar-refractivity contribution < 1.29 is 0 Å². The van der Waals surface area contributed by atoms with Crippen molar-refractivity contribution in [3.05, 3.63) is 66.5 Å². The fourth-order valence-corrected chi connectivity index (χ4v) is 2.18. The van der Waals surface area contributed by atoms with Crippen LogP contribution in [0, 0.1) is 0 Å². The highest BCUT2D eigenvalue weighted by molar-refractivity contribution is 5.54. The maximum atomic E-state index is 3.40. The minimum Gasteiger partial charge on any atom is -0.368 e. The van der Waals surface area contributed by atoms with Gasteiger partial charge in [-0.2, -0.15) is 0 Å². The van der Waals surface area contributed by atoms with E-state index in [-0.39, 0.29) is 6.17 Å². The Hall–Kier alpha value is -1.96. The molecule has 0 saturated carbocycles. The molecule has 2 aliphatic heterocycles. The van der Waals surface area contributed by atoms with Crippen molar-refractivity contribution in [2.75, 3.05) is 4.90 Å². The number of hydrogen-bond acceptors (Lipinski definition) is 2. The van der Waals surface area contributed by atoms with Crippen molar-refractivity contribution in [2.24, 2.45) is 0 Å². The average molecular weight is 210 g/mol. The largest absolute Gasteiger partial charge is 0.368 e. The first-order chi connectivity index (χ1) is 7.95. The van der Waals surface area contributed by atoms with Gasteiger partial charge < -0.3 is 10.2 Å². The average Bonchev–Trinajstić information content (AvgIpc) is 2.39. The molecule has 0 saturated heterocycles. The van der Waals surface area contributed by atoms with Crippen LogP contribution in [0.5, 0.6) is 0 Å². The molecule has 0 fully saturated rings. The molecule has 2 heteroatoms. The molecule has 16 heavy (non-hydrogen) atoms. The van der Waals surface area contributed by atoms with Gasteiger partial charge in [-0.1, -0.05) is 30.4 Å². The molecule has 0 aliphatic carbocycles. The van der Waals surface area contributed by atoms with E-state index in [1.54, 1.807) is 0 Å². The quantitative estimate of drug-likeness (QED) is 0.766. The number of anilines is 1. The summed E-state index contributed by atoms with van der Waals surface area (Å²) in [4.78, 5) is 2.26. The molecule has 1 atom stereocenters. The van der Waals surface area contributed by atoms with Crippen molar-refractivity contribution in [2.45, 2.75) is 12.6 Å². The van der Waals surface area contributed by atoms with Gasteiger partial charge in [0.05, 0.1) is 0 Å². The van der Waals surface area contributed by atoms with E-state index < -0.39 is 0 Å². The Kier molecular flexibility index (Phi) is 2.26. The zero-order valence-electron chi connectivity index (χ0n) is 9.01. The zero-order valence-corrected chi connectivity index (χ0v) is 9.01. The number of dihydropyridines is 1. The Morgan fingerprint density at radius 1 is 1.19 bits per heavy atom. The van der Waals surface area contributed by atoms with Crippen molar-refractivity contribution in [3.63, 3.8) is 0 Å². The van der Waals surface area contributed by atoms with Gasteiger partial charge in [-0.15, -0.1) is 0 Å². The van der Waals surface area contributed by atoms with E-state index in [1.165, 1.54) is 11.3 Å². The number of fused-ring (bicyclic) bond motifs is 1. The molecule has 1 unspecified atom stereocenters. The Balaban J connectivity index is 1.97. The smallest absolute Gasteiger partial charge is 0.126 e. The summed E-state index contributed by atoms with van der Waals surface area (Å²) in [5, 5.41) is 3.40. The molecule has 0 amide bonds. The van der Waals surface area contributed by atoms with Gasteiger partial charge in [0.2, 0.25) is 0 Å². The number of allylic oxidation sites excluding steroid dienone is 3. The van der Waals surface area contributed by atoms with E-state index in [0.717, 1.165) is 6.42 Å². The molecule has 0 radical (unpaired) electrons. The van der Waals surface area contributed by atoms with Gasteiger partial charge in [-0.05, 0) is 36.4 Å². The summed E-state index contributed by atoms with van der Waals surface area (Å²) in [5.74, 6) is 0. The van der Waals surface area contributed by atoms with Crippen molar-refractivity contribution in [1.82, 2.24) is 5.32 Å². The van der Waals surface area contributed by atoms with Crippen molar-refractivity contribution >= 4 is 5.69 Å². The van der Waals surface area contributed by atoms with Crippen LogP contribution in [-0.4, -0.2) is 6.17 Å². The molecule has 3 rings (SSSR count). The number of benzene rings is 1. The number of rotatable bonds is 1. The van der Waals surface area contributed by atoms with Gasteiger partial charge in [0, 0.05) is 11.9 Å². The monoisotopic (exact) mass is 210 g/mol. The standard InChI is InChI=1S/C14H14N2/c1-2-8-13(9-3-1)16-11-5-7-12-6-4-10-15-14(12)16/h1-6,8-11,14-15H,7H2. The maximum absolute atomic E-state index is 3.40. The van der Waals surface area contributed by atoms with Crippen LogP contribution in [0.2, 0.25) is 0 Å². The Morgan fingerprint density at radius 2 is 2.06 bits per heavy atom. The van der Waals surface area contributed by atoms with E-state index in [9.17, 15) is 0 Å². The van der Waals surface area contributed by atoms with Crippen LogP contribution in [0.1, 0.15) is 6.42 Å². The predicted molar refractivity (Wildman–Crippen MR) is 66.8 cm³/mol. The second kappa shape index (κ2) is 3.89. The van der Waals surface area contributed by atoms with Gasteiger partial charge in [0.15, 0.2) is 0 Å². The van der Waals surface area contributed by atoms with Gasteiger partial charge in [0.25, 0.3) is 0 Å². The van der Waals surface area contributed by atoms with E-state index in [2.05, 4.69) is 58.9 Å². The van der Waals surface area contributed by atoms with E-state index >= 15 is 0 Å². The summed E-state index contributed by atoms with van der Waals surface area (Å²) < 4.78 is 0. The molecule has 1 aromatic carbocycles. The molecular weight excluding hydrogens is 196 g/mol. The van der Waals surface area contributed by atoms with Crippen molar-refractivity contribution in [3.8, 4) is 0 Å². The molecule has 80 valence electrons. The van der Waals surface area contributed by atoms with Crippen LogP contribution >= 0.6 is 0 Å². The molecule has 2 heterocycles. The summed E-state index contributed by atoms with van der Waals surface area (Å²) in [6.45, 7) is 0. The summed E-state index contributed by atoms with van der Waals surface area (Å²) in [5.41, 5.74) is 2.63. The van der Waals surface area contributed by atoms with Gasteiger partial charge in [0.1, 0.15) is 6.17 Å².